The van der Waals surface area contributed by atoms with Crippen molar-refractivity contribution in [1.82, 2.24) is 0 Å². The minimum Gasteiger partial charge on any atom is -0.493 e. The number of carbonyl (C=O) groups is 1. The lowest BCUT2D eigenvalue weighted by Gasteiger charge is -2.43. The van der Waals surface area contributed by atoms with Crippen LogP contribution in [0.1, 0.15) is 46.5 Å². The van der Waals surface area contributed by atoms with Gasteiger partial charge in [-0.1, -0.05) is 106 Å². The van der Waals surface area contributed by atoms with Gasteiger partial charge in [0.2, 0.25) is 5.91 Å². The van der Waals surface area contributed by atoms with Crippen molar-refractivity contribution < 1.29 is 23.4 Å². The van der Waals surface area contributed by atoms with E-state index in [1.165, 1.54) is 10.4 Å². The monoisotopic (exact) mass is 640 g/mol. The summed E-state index contributed by atoms with van der Waals surface area (Å²) in [6.07, 6.45) is 10.9. The molecule has 1 aliphatic heterocycles. The molecule has 1 amide bonds. The van der Waals surface area contributed by atoms with E-state index >= 15 is 0 Å². The SMILES string of the molecule is COC1=NCC=C[C@@]1(CC/C=C/CCO[Si](c1ccccc1)(c1ccccc1)C(C)(C)C)CC(=O)Nc1ccc(OC)c(OC)c1. The Bertz CT molecular complexity index is 1480. The summed E-state index contributed by atoms with van der Waals surface area (Å²) >= 11 is 0. The number of benzene rings is 3. The van der Waals surface area contributed by atoms with E-state index in [-0.39, 0.29) is 17.4 Å². The van der Waals surface area contributed by atoms with Crippen molar-refractivity contribution in [3.05, 3.63) is 103 Å². The van der Waals surface area contributed by atoms with Crippen LogP contribution in [0.4, 0.5) is 5.69 Å². The van der Waals surface area contributed by atoms with Crippen molar-refractivity contribution in [3.8, 4) is 11.5 Å². The zero-order chi connectivity index (χ0) is 33.0. The van der Waals surface area contributed by atoms with Crippen LogP contribution in [-0.4, -0.2) is 54.6 Å². The van der Waals surface area contributed by atoms with Gasteiger partial charge in [-0.25, -0.2) is 0 Å². The lowest BCUT2D eigenvalue weighted by molar-refractivity contribution is -0.117. The predicted molar refractivity (Wildman–Crippen MR) is 190 cm³/mol. The first-order valence-corrected chi connectivity index (χ1v) is 17.8. The summed E-state index contributed by atoms with van der Waals surface area (Å²) in [4.78, 5) is 17.9. The van der Waals surface area contributed by atoms with E-state index < -0.39 is 13.7 Å². The highest BCUT2D eigenvalue weighted by molar-refractivity contribution is 6.99. The molecule has 1 aliphatic rings. The standard InChI is InChI=1S/C38H48N2O5Si/c1-37(2,3)46(31-18-11-9-12-19-31,32-20-13-10-14-21-32)45-27-16-8-7-15-24-38(25-17-26-39-36(38)44-6)29-35(41)40-30-22-23-33(42-4)34(28-30)43-5/h7-14,17-23,25,28H,15-16,24,26-27,29H2,1-6H3,(H,40,41)/b8-7+/t38-/m0/s1. The van der Waals surface area contributed by atoms with Gasteiger partial charge in [-0.3, -0.25) is 9.79 Å². The fourth-order valence-corrected chi connectivity index (χ4v) is 10.9. The first kappa shape index (κ1) is 34.7. The van der Waals surface area contributed by atoms with Gasteiger partial charge in [-0.05, 0) is 46.8 Å². The normalized spacial score (nSPS) is 16.6. The third kappa shape index (κ3) is 7.98. The average molecular weight is 641 g/mol. The van der Waals surface area contributed by atoms with Crippen molar-refractivity contribution in [1.29, 1.82) is 0 Å². The molecule has 0 aromatic heterocycles. The second-order valence-corrected chi connectivity index (χ2v) is 16.8. The molecule has 3 aromatic carbocycles. The first-order valence-electron chi connectivity index (χ1n) is 15.9. The Morgan fingerprint density at radius 3 is 2.09 bits per heavy atom. The predicted octanol–water partition coefficient (Wildman–Crippen LogP) is 6.94. The molecule has 46 heavy (non-hydrogen) atoms. The number of ether oxygens (including phenoxy) is 3. The zero-order valence-electron chi connectivity index (χ0n) is 28.0. The number of rotatable bonds is 14. The molecule has 0 saturated carbocycles. The topological polar surface area (TPSA) is 78.4 Å². The molecule has 0 saturated heterocycles. The number of nitrogens with zero attached hydrogens (tertiary/aromatic N) is 1. The van der Waals surface area contributed by atoms with Crippen molar-refractivity contribution >= 4 is 36.2 Å². The van der Waals surface area contributed by atoms with Crippen molar-refractivity contribution in [2.75, 3.05) is 39.8 Å². The molecule has 7 nitrogen and oxygen atoms in total. The van der Waals surface area contributed by atoms with Crippen LogP contribution in [0.2, 0.25) is 5.04 Å². The smallest absolute Gasteiger partial charge is 0.261 e. The molecule has 1 heterocycles. The molecule has 0 radical (unpaired) electrons. The van der Waals surface area contributed by atoms with Crippen LogP contribution in [0.5, 0.6) is 11.5 Å². The van der Waals surface area contributed by atoms with E-state index in [4.69, 9.17) is 18.6 Å². The van der Waals surface area contributed by atoms with E-state index in [0.29, 0.717) is 42.7 Å². The zero-order valence-corrected chi connectivity index (χ0v) is 29.0. The number of anilines is 1. The van der Waals surface area contributed by atoms with Crippen molar-refractivity contribution in [2.45, 2.75) is 51.5 Å². The fourth-order valence-electron chi connectivity index (χ4n) is 6.35. The highest BCUT2D eigenvalue weighted by Crippen LogP contribution is 2.38. The van der Waals surface area contributed by atoms with Crippen LogP contribution >= 0.6 is 0 Å². The van der Waals surface area contributed by atoms with Crippen LogP contribution in [0, 0.1) is 5.41 Å². The number of allylic oxidation sites excluding steroid dienone is 1. The summed E-state index contributed by atoms with van der Waals surface area (Å²) < 4.78 is 23.5. The molecule has 1 atom stereocenters. The molecule has 3 aromatic rings. The summed E-state index contributed by atoms with van der Waals surface area (Å²) in [6.45, 7) is 8.04. The first-order chi connectivity index (χ1) is 22.2. The maximum atomic E-state index is 13.3. The molecule has 244 valence electrons. The van der Waals surface area contributed by atoms with Crippen molar-refractivity contribution in [3.63, 3.8) is 0 Å². The second-order valence-electron chi connectivity index (χ2n) is 12.5. The largest absolute Gasteiger partial charge is 0.493 e. The van der Waals surface area contributed by atoms with Crippen LogP contribution in [0.15, 0.2) is 108 Å². The van der Waals surface area contributed by atoms with Gasteiger partial charge < -0.3 is 24.0 Å². The molecule has 0 bridgehead atoms. The number of hydrogen-bond acceptors (Lipinski definition) is 6. The number of nitrogens with one attached hydrogen (secondary N) is 1. The Morgan fingerprint density at radius 1 is 0.870 bits per heavy atom. The van der Waals surface area contributed by atoms with Crippen molar-refractivity contribution in [2.24, 2.45) is 10.4 Å². The Kier molecular flexibility index (Phi) is 12.0. The number of hydrogen-bond donors (Lipinski definition) is 1. The molecule has 0 unspecified atom stereocenters. The van der Waals surface area contributed by atoms with Gasteiger partial charge in [0.25, 0.3) is 8.32 Å². The summed E-state index contributed by atoms with van der Waals surface area (Å²) in [6, 6.07) is 26.7. The van der Waals surface area contributed by atoms with Gasteiger partial charge in [-0.15, -0.1) is 0 Å². The molecule has 1 N–H and O–H groups in total. The van der Waals surface area contributed by atoms with E-state index in [9.17, 15) is 4.79 Å². The van der Waals surface area contributed by atoms with Gasteiger partial charge in [0.05, 0.1) is 33.3 Å². The van der Waals surface area contributed by atoms with Crippen LogP contribution in [0.25, 0.3) is 0 Å². The van der Waals surface area contributed by atoms with Gasteiger partial charge in [-0.2, -0.15) is 0 Å². The fraction of sp³-hybridized carbons (Fsp3) is 0.368. The number of amides is 1. The third-order valence-electron chi connectivity index (χ3n) is 8.48. The lowest BCUT2D eigenvalue weighted by atomic mass is 9.77. The summed E-state index contributed by atoms with van der Waals surface area (Å²) in [5.41, 5.74) is -0.00192. The number of aliphatic imine (C=N–C) groups is 1. The quantitative estimate of drug-likeness (QED) is 0.117. The van der Waals surface area contributed by atoms with Crippen LogP contribution in [0.3, 0.4) is 0 Å². The molecular weight excluding hydrogens is 593 g/mol. The van der Waals surface area contributed by atoms with Crippen LogP contribution < -0.4 is 25.2 Å². The molecule has 0 aliphatic carbocycles. The minimum absolute atomic E-state index is 0.0630. The molecule has 0 spiro atoms. The Labute approximate surface area is 275 Å². The van der Waals surface area contributed by atoms with Gasteiger partial charge in [0.1, 0.15) is 0 Å². The molecule has 0 fully saturated rings. The van der Waals surface area contributed by atoms with Gasteiger partial charge >= 0.3 is 0 Å². The third-order valence-corrected chi connectivity index (χ3v) is 13.5. The summed E-state index contributed by atoms with van der Waals surface area (Å²) in [7, 11) is 2.21. The Morgan fingerprint density at radius 2 is 1.50 bits per heavy atom. The number of carbonyl (C=O) groups excluding carboxylic acids is 1. The number of methoxy groups -OCH3 is 3. The van der Waals surface area contributed by atoms with E-state index in [0.717, 1.165) is 12.8 Å². The second kappa shape index (κ2) is 15.9. The highest BCUT2D eigenvalue weighted by atomic mass is 28.4. The number of dihydropyridines is 1. The summed E-state index contributed by atoms with van der Waals surface area (Å²) in [5, 5.41) is 5.50. The van der Waals surface area contributed by atoms with E-state index in [1.54, 1.807) is 39.5 Å². The minimum atomic E-state index is -2.57. The highest BCUT2D eigenvalue weighted by Gasteiger charge is 2.50. The van der Waals surface area contributed by atoms with E-state index in [1.807, 2.05) is 6.08 Å². The van der Waals surface area contributed by atoms with Crippen LogP contribution in [-0.2, 0) is 14.0 Å². The Hall–Kier alpha value is -4.14. The van der Waals surface area contributed by atoms with E-state index in [2.05, 4.69) is 110 Å². The maximum absolute atomic E-state index is 13.3. The lowest BCUT2D eigenvalue weighted by Crippen LogP contribution is -2.66. The average Bonchev–Trinajstić information content (AvgIpc) is 3.06. The maximum Gasteiger partial charge on any atom is 0.261 e. The molecule has 8 heteroatoms. The van der Waals surface area contributed by atoms with Gasteiger partial charge in [0.15, 0.2) is 17.4 Å². The Balaban J connectivity index is 1.42. The molecule has 4 rings (SSSR count). The van der Waals surface area contributed by atoms with Gasteiger partial charge in [0, 0.05) is 24.8 Å². The molecular formula is C38H48N2O5Si. The summed E-state index contributed by atoms with van der Waals surface area (Å²) in [5.74, 6) is 1.60.